The van der Waals surface area contributed by atoms with E-state index >= 15 is 0 Å². The zero-order chi connectivity index (χ0) is 38.2. The maximum atomic E-state index is 14.3. The van der Waals surface area contributed by atoms with Gasteiger partial charge in [-0.2, -0.15) is 5.06 Å². The molecule has 1 saturated heterocycles. The lowest BCUT2D eigenvalue weighted by atomic mass is 9.45. The number of methoxy groups -OCH3 is 1. The van der Waals surface area contributed by atoms with Crippen LogP contribution in [0.4, 0.5) is 0 Å². The minimum absolute atomic E-state index is 0.0234. The highest BCUT2D eigenvalue weighted by molar-refractivity contribution is 5.83. The van der Waals surface area contributed by atoms with Crippen LogP contribution in [0.25, 0.3) is 0 Å². The van der Waals surface area contributed by atoms with Gasteiger partial charge < -0.3 is 36.2 Å². The Kier molecular flexibility index (Phi) is 13.6. The molecule has 0 aromatic heterocycles. The lowest BCUT2D eigenvalue weighted by Crippen LogP contribution is -2.62. The van der Waals surface area contributed by atoms with Gasteiger partial charge in [0, 0.05) is 56.1 Å². The zero-order valence-corrected chi connectivity index (χ0v) is 34.1. The van der Waals surface area contributed by atoms with Crippen molar-refractivity contribution >= 4 is 11.8 Å². The van der Waals surface area contributed by atoms with E-state index in [9.17, 15) is 19.8 Å². The molecule has 2 bridgehead atoms. The standard InChI is InChI=1S/C42H75N5O6/c1-24-34-20-30(42(34,3)4)21-35(24)45-41(51)38-37(25(2)49)36(23-48)53-47(38)22-27-9-8-10-33(39(27)52-7)28-17-29(19-32(18-28)46(5)6)40(50)44-16-15-26-11-13-31(43)14-12-26/h24-39,48-49H,8-23,43H2,1-7H3,(H,44,50)(H,45,51)/t24-,25-,26?,27?,28?,29?,30+,31?,32?,33?,34-,35-,36-,37+,38-,39?/m0/s1. The van der Waals surface area contributed by atoms with E-state index in [1.807, 2.05) is 7.11 Å². The smallest absolute Gasteiger partial charge is 0.240 e. The first kappa shape index (κ1) is 41.3. The van der Waals surface area contributed by atoms with Gasteiger partial charge in [0.1, 0.15) is 12.1 Å². The van der Waals surface area contributed by atoms with Gasteiger partial charge in [0.15, 0.2) is 0 Å². The molecule has 7 rings (SSSR count). The summed E-state index contributed by atoms with van der Waals surface area (Å²) in [7, 11) is 6.08. The number of carbonyl (C=O) groups is 2. The van der Waals surface area contributed by atoms with Crippen molar-refractivity contribution in [3.8, 4) is 0 Å². The Morgan fingerprint density at radius 3 is 2.40 bits per heavy atom. The number of ether oxygens (including phenoxy) is 1. The van der Waals surface area contributed by atoms with Gasteiger partial charge in [-0.1, -0.05) is 27.2 Å². The van der Waals surface area contributed by atoms with Crippen molar-refractivity contribution in [2.24, 2.45) is 64.4 Å². The summed E-state index contributed by atoms with van der Waals surface area (Å²) < 4.78 is 6.40. The van der Waals surface area contributed by atoms with Gasteiger partial charge in [-0.3, -0.25) is 14.4 Å². The molecule has 6 unspecified atom stereocenters. The Morgan fingerprint density at radius 2 is 1.77 bits per heavy atom. The number of amides is 2. The molecule has 14 atom stereocenters. The first-order valence-corrected chi connectivity index (χ1v) is 21.5. The molecule has 11 heteroatoms. The number of hydrogen-bond donors (Lipinski definition) is 5. The number of fused-ring (bicyclic) bond motifs is 2. The van der Waals surface area contributed by atoms with E-state index < -0.39 is 24.2 Å². The van der Waals surface area contributed by atoms with Gasteiger partial charge in [-0.15, -0.1) is 0 Å². The van der Waals surface area contributed by atoms with E-state index in [0.29, 0.717) is 53.6 Å². The van der Waals surface area contributed by atoms with Crippen LogP contribution in [0.15, 0.2) is 0 Å². The summed E-state index contributed by atoms with van der Waals surface area (Å²) >= 11 is 0. The molecule has 6 aliphatic carbocycles. The molecule has 6 N–H and O–H groups in total. The molecular formula is C42H75N5O6. The van der Waals surface area contributed by atoms with Crippen LogP contribution >= 0.6 is 0 Å². The van der Waals surface area contributed by atoms with Crippen LogP contribution in [0.1, 0.15) is 111 Å². The molecule has 7 fully saturated rings. The first-order valence-electron chi connectivity index (χ1n) is 21.5. The van der Waals surface area contributed by atoms with Crippen molar-refractivity contribution in [1.82, 2.24) is 20.6 Å². The van der Waals surface area contributed by atoms with Gasteiger partial charge in [-0.25, -0.2) is 0 Å². The summed E-state index contributed by atoms with van der Waals surface area (Å²) in [4.78, 5) is 36.7. The van der Waals surface area contributed by atoms with Gasteiger partial charge in [0.25, 0.3) is 0 Å². The van der Waals surface area contributed by atoms with Crippen molar-refractivity contribution in [3.63, 3.8) is 0 Å². The molecule has 304 valence electrons. The van der Waals surface area contributed by atoms with Crippen molar-refractivity contribution in [2.75, 3.05) is 40.9 Å². The van der Waals surface area contributed by atoms with E-state index in [1.54, 1.807) is 12.0 Å². The molecule has 7 aliphatic rings. The summed E-state index contributed by atoms with van der Waals surface area (Å²) in [6.07, 6.45) is 12.1. The second kappa shape index (κ2) is 17.4. The summed E-state index contributed by atoms with van der Waals surface area (Å²) in [6, 6.07) is 0.0686. The second-order valence-corrected chi connectivity index (χ2v) is 19.5. The Balaban J connectivity index is 1.12. The number of carbonyl (C=O) groups excluding carboxylic acids is 2. The Hall–Kier alpha value is -1.34. The Morgan fingerprint density at radius 1 is 1.04 bits per heavy atom. The van der Waals surface area contributed by atoms with E-state index in [4.69, 9.17) is 15.3 Å². The summed E-state index contributed by atoms with van der Waals surface area (Å²) in [6.45, 7) is 9.68. The van der Waals surface area contributed by atoms with E-state index in [2.05, 4.69) is 50.4 Å². The molecule has 1 heterocycles. The third kappa shape index (κ3) is 8.81. The normalized spacial score (nSPS) is 43.6. The van der Waals surface area contributed by atoms with Crippen LogP contribution < -0.4 is 16.4 Å². The minimum Gasteiger partial charge on any atom is -0.394 e. The number of hydrogen-bond acceptors (Lipinski definition) is 9. The maximum Gasteiger partial charge on any atom is 0.240 e. The lowest BCUT2D eigenvalue weighted by Gasteiger charge is -2.62. The SMILES string of the molecule is COC1C(CN2O[C@@H](CO)[C@@H]([C@H](C)O)[C@H]2C(=O)N[C@H]2C[C@H]3C[C@@H]([C@@H]2C)C3(C)C)CCCC1C1CC(C(=O)NCCC2CCC(N)CC2)CC(N(C)C)C1. The van der Waals surface area contributed by atoms with Crippen LogP contribution in [0.5, 0.6) is 0 Å². The number of nitrogens with two attached hydrogens (primary N) is 1. The number of aliphatic hydroxyl groups excluding tert-OH is 2. The number of rotatable bonds is 13. The number of nitrogens with one attached hydrogen (secondary N) is 2. The quantitative estimate of drug-likeness (QED) is 0.189. The maximum absolute atomic E-state index is 14.3. The molecule has 0 aromatic rings. The fraction of sp³-hybridized carbons (Fsp3) is 0.952. The molecule has 6 saturated carbocycles. The monoisotopic (exact) mass is 746 g/mol. The highest BCUT2D eigenvalue weighted by Gasteiger charge is 2.58. The van der Waals surface area contributed by atoms with E-state index in [0.717, 1.165) is 70.8 Å². The van der Waals surface area contributed by atoms with Crippen molar-refractivity contribution in [1.29, 1.82) is 0 Å². The van der Waals surface area contributed by atoms with E-state index in [1.165, 1.54) is 19.3 Å². The van der Waals surface area contributed by atoms with Crippen LogP contribution in [-0.4, -0.2) is 115 Å². The van der Waals surface area contributed by atoms with Crippen LogP contribution in [-0.2, 0) is 19.2 Å². The van der Waals surface area contributed by atoms with Crippen molar-refractivity contribution < 1.29 is 29.4 Å². The zero-order valence-electron chi connectivity index (χ0n) is 34.1. The highest BCUT2D eigenvalue weighted by atomic mass is 16.7. The van der Waals surface area contributed by atoms with Gasteiger partial charge >= 0.3 is 0 Å². The van der Waals surface area contributed by atoms with Crippen LogP contribution in [0.2, 0.25) is 0 Å². The molecule has 1 aliphatic heterocycles. The Bertz CT molecular complexity index is 1230. The number of nitrogens with zero attached hydrogens (tertiary/aromatic N) is 2. The summed E-state index contributed by atoms with van der Waals surface area (Å²) in [5.74, 6) is 2.52. The van der Waals surface area contributed by atoms with Gasteiger partial charge in [0.2, 0.25) is 11.8 Å². The van der Waals surface area contributed by atoms with Crippen LogP contribution in [0, 0.1) is 58.7 Å². The first-order chi connectivity index (χ1) is 25.2. The third-order valence-electron chi connectivity index (χ3n) is 15.9. The third-order valence-corrected chi connectivity index (χ3v) is 15.9. The fourth-order valence-electron chi connectivity index (χ4n) is 12.4. The molecule has 0 radical (unpaired) electrons. The van der Waals surface area contributed by atoms with Crippen molar-refractivity contribution in [3.05, 3.63) is 0 Å². The Labute approximate surface area is 320 Å². The lowest BCUT2D eigenvalue weighted by molar-refractivity contribution is -0.193. The highest BCUT2D eigenvalue weighted by Crippen LogP contribution is 2.61. The molecular weight excluding hydrogens is 670 g/mol. The predicted molar refractivity (Wildman–Crippen MR) is 206 cm³/mol. The van der Waals surface area contributed by atoms with Gasteiger partial charge in [0.05, 0.1) is 18.8 Å². The second-order valence-electron chi connectivity index (χ2n) is 19.5. The minimum atomic E-state index is -0.824. The largest absolute Gasteiger partial charge is 0.394 e. The summed E-state index contributed by atoms with van der Waals surface area (Å²) in [5, 5.41) is 29.9. The summed E-state index contributed by atoms with van der Waals surface area (Å²) in [5.41, 5.74) is 6.44. The van der Waals surface area contributed by atoms with Crippen LogP contribution in [0.3, 0.4) is 0 Å². The van der Waals surface area contributed by atoms with Crippen molar-refractivity contribution in [2.45, 2.75) is 154 Å². The molecule has 53 heavy (non-hydrogen) atoms. The number of hydroxylamine groups is 2. The molecule has 0 spiro atoms. The predicted octanol–water partition coefficient (Wildman–Crippen LogP) is 3.95. The molecule has 11 nitrogen and oxygen atoms in total. The molecule has 2 amide bonds. The van der Waals surface area contributed by atoms with E-state index in [-0.39, 0.29) is 48.3 Å². The fourth-order valence-corrected chi connectivity index (χ4v) is 12.4. The van der Waals surface area contributed by atoms with Gasteiger partial charge in [-0.05, 0) is 139 Å². The average Bonchev–Trinajstić information content (AvgIpc) is 3.51. The average molecular weight is 746 g/mol. The number of aliphatic hydroxyl groups is 2. The molecule has 0 aromatic carbocycles. The topological polar surface area (TPSA) is 150 Å².